The summed E-state index contributed by atoms with van der Waals surface area (Å²) in [5, 5.41) is 6.79. The van der Waals surface area contributed by atoms with E-state index in [4.69, 9.17) is 10.3 Å². The fourth-order valence-corrected chi connectivity index (χ4v) is 2.73. The smallest absolute Gasteiger partial charge is 0.277 e. The van der Waals surface area contributed by atoms with E-state index in [1.54, 1.807) is 23.0 Å². The molecule has 6 nitrogen and oxygen atoms in total. The molecule has 3 rings (SSSR count). The first-order chi connectivity index (χ1) is 8.86. The summed E-state index contributed by atoms with van der Waals surface area (Å²) in [5.41, 5.74) is 7.92. The molecule has 0 unspecified atom stereocenters. The average molecular weight is 279 g/mol. The van der Waals surface area contributed by atoms with Gasteiger partial charge < -0.3 is 10.3 Å². The summed E-state index contributed by atoms with van der Waals surface area (Å²) in [4.78, 5) is 13.6. The Morgan fingerprint density at radius 1 is 1.28 bits per heavy atom. The molecule has 0 saturated heterocycles. The Hall–Kier alpha value is -1.64. The van der Waals surface area contributed by atoms with Gasteiger partial charge in [-0.25, -0.2) is 4.98 Å². The number of rotatable bonds is 4. The monoisotopic (exact) mass is 279 g/mol. The van der Waals surface area contributed by atoms with E-state index in [0.717, 1.165) is 16.3 Å². The summed E-state index contributed by atoms with van der Waals surface area (Å²) < 4.78 is 5.20. The van der Waals surface area contributed by atoms with Gasteiger partial charge in [-0.15, -0.1) is 22.7 Å². The van der Waals surface area contributed by atoms with Crippen LogP contribution in [0.5, 0.6) is 0 Å². The van der Waals surface area contributed by atoms with Crippen molar-refractivity contribution in [1.29, 1.82) is 0 Å². The highest BCUT2D eigenvalue weighted by atomic mass is 32.1. The normalized spacial score (nSPS) is 10.9. The molecule has 0 radical (unpaired) electrons. The van der Waals surface area contributed by atoms with E-state index in [-0.39, 0.29) is 0 Å². The van der Waals surface area contributed by atoms with Crippen molar-refractivity contribution < 1.29 is 4.52 Å². The molecule has 0 aliphatic heterocycles. The molecular formula is C10H9N5OS2. The number of thiazole rings is 2. The summed E-state index contributed by atoms with van der Waals surface area (Å²) in [6, 6.07) is 0. The Kier molecular flexibility index (Phi) is 3.13. The highest BCUT2D eigenvalue weighted by molar-refractivity contribution is 7.13. The summed E-state index contributed by atoms with van der Waals surface area (Å²) in [7, 11) is 0. The van der Waals surface area contributed by atoms with E-state index < -0.39 is 0 Å². The molecule has 2 N–H and O–H groups in total. The minimum absolute atomic E-state index is 0.429. The second kappa shape index (κ2) is 4.92. The van der Waals surface area contributed by atoms with Crippen molar-refractivity contribution in [3.05, 3.63) is 22.1 Å². The van der Waals surface area contributed by atoms with Crippen LogP contribution in [0, 0.1) is 0 Å². The van der Waals surface area contributed by atoms with Crippen LogP contribution in [0.3, 0.4) is 0 Å². The molecule has 0 aromatic carbocycles. The van der Waals surface area contributed by atoms with E-state index in [1.165, 1.54) is 11.3 Å². The Bertz CT molecular complexity index is 630. The third-order valence-electron chi connectivity index (χ3n) is 2.21. The van der Waals surface area contributed by atoms with Crippen molar-refractivity contribution in [1.82, 2.24) is 20.1 Å². The Morgan fingerprint density at radius 3 is 3.00 bits per heavy atom. The maximum absolute atomic E-state index is 5.49. The SMILES string of the molecule is NCCc1nc(-c2nc(-c3cncs3)no2)cs1. The molecular weight excluding hydrogens is 270 g/mol. The van der Waals surface area contributed by atoms with Gasteiger partial charge in [-0.1, -0.05) is 5.16 Å². The zero-order valence-electron chi connectivity index (χ0n) is 9.24. The fraction of sp³-hybridized carbons (Fsp3) is 0.200. The number of hydrogen-bond donors (Lipinski definition) is 1. The molecule has 3 heterocycles. The number of hydrogen-bond acceptors (Lipinski definition) is 8. The molecule has 0 fully saturated rings. The van der Waals surface area contributed by atoms with Crippen molar-refractivity contribution in [3.8, 4) is 22.3 Å². The zero-order valence-corrected chi connectivity index (χ0v) is 10.9. The maximum atomic E-state index is 5.49. The van der Waals surface area contributed by atoms with Gasteiger partial charge in [-0.3, -0.25) is 4.98 Å². The second-order valence-electron chi connectivity index (χ2n) is 3.45. The van der Waals surface area contributed by atoms with Crippen LogP contribution in [0.25, 0.3) is 22.3 Å². The number of nitrogens with two attached hydrogens (primary N) is 1. The van der Waals surface area contributed by atoms with Gasteiger partial charge >= 0.3 is 0 Å². The first-order valence-corrected chi connectivity index (χ1v) is 7.00. The van der Waals surface area contributed by atoms with Gasteiger partial charge in [0.1, 0.15) is 5.69 Å². The Morgan fingerprint density at radius 2 is 2.22 bits per heavy atom. The third-order valence-corrected chi connectivity index (χ3v) is 3.89. The summed E-state index contributed by atoms with van der Waals surface area (Å²) in [5.74, 6) is 0.971. The van der Waals surface area contributed by atoms with Crippen LogP contribution in [0.4, 0.5) is 0 Å². The van der Waals surface area contributed by atoms with Gasteiger partial charge in [0.2, 0.25) is 5.82 Å². The molecule has 92 valence electrons. The van der Waals surface area contributed by atoms with Crippen LogP contribution in [0.1, 0.15) is 5.01 Å². The molecule has 0 aliphatic carbocycles. The minimum Gasteiger partial charge on any atom is -0.332 e. The molecule has 3 aromatic heterocycles. The van der Waals surface area contributed by atoms with Gasteiger partial charge in [-0.2, -0.15) is 4.98 Å². The molecule has 0 aliphatic rings. The van der Waals surface area contributed by atoms with Crippen LogP contribution in [0.15, 0.2) is 21.6 Å². The molecule has 18 heavy (non-hydrogen) atoms. The van der Waals surface area contributed by atoms with E-state index in [1.807, 2.05) is 5.38 Å². The van der Waals surface area contributed by atoms with Crippen molar-refractivity contribution in [2.75, 3.05) is 6.54 Å². The van der Waals surface area contributed by atoms with Crippen molar-refractivity contribution in [2.24, 2.45) is 5.73 Å². The summed E-state index contributed by atoms with van der Waals surface area (Å²) >= 11 is 3.01. The van der Waals surface area contributed by atoms with E-state index in [9.17, 15) is 0 Å². The molecule has 0 bridgehead atoms. The highest BCUT2D eigenvalue weighted by Gasteiger charge is 2.14. The lowest BCUT2D eigenvalue weighted by Crippen LogP contribution is -2.01. The lowest BCUT2D eigenvalue weighted by molar-refractivity contribution is 0.431. The second-order valence-corrected chi connectivity index (χ2v) is 5.28. The molecule has 0 amide bonds. The van der Waals surface area contributed by atoms with Crippen LogP contribution in [-0.2, 0) is 6.42 Å². The van der Waals surface area contributed by atoms with Crippen LogP contribution < -0.4 is 5.73 Å². The highest BCUT2D eigenvalue weighted by Crippen LogP contribution is 2.25. The van der Waals surface area contributed by atoms with Crippen LogP contribution in [-0.4, -0.2) is 26.7 Å². The van der Waals surface area contributed by atoms with Gasteiger partial charge in [0.25, 0.3) is 5.89 Å². The van der Waals surface area contributed by atoms with E-state index in [2.05, 4.69) is 20.1 Å². The maximum Gasteiger partial charge on any atom is 0.277 e. The molecule has 3 aromatic rings. The van der Waals surface area contributed by atoms with E-state index >= 15 is 0 Å². The third kappa shape index (κ3) is 2.17. The fourth-order valence-electron chi connectivity index (χ4n) is 1.40. The quantitative estimate of drug-likeness (QED) is 0.783. The van der Waals surface area contributed by atoms with Crippen LogP contribution >= 0.6 is 22.7 Å². The predicted molar refractivity (Wildman–Crippen MR) is 69.3 cm³/mol. The van der Waals surface area contributed by atoms with Crippen molar-refractivity contribution >= 4 is 22.7 Å². The average Bonchev–Trinajstić information content (AvgIpc) is 3.10. The van der Waals surface area contributed by atoms with E-state index in [0.29, 0.717) is 24.0 Å². The van der Waals surface area contributed by atoms with Gasteiger partial charge in [-0.05, 0) is 6.54 Å². The van der Waals surface area contributed by atoms with Gasteiger partial charge in [0.05, 0.1) is 15.4 Å². The Balaban J connectivity index is 1.88. The number of nitrogens with zero attached hydrogens (tertiary/aromatic N) is 4. The van der Waals surface area contributed by atoms with Gasteiger partial charge in [0, 0.05) is 18.0 Å². The van der Waals surface area contributed by atoms with Crippen molar-refractivity contribution in [2.45, 2.75) is 6.42 Å². The lowest BCUT2D eigenvalue weighted by atomic mass is 10.4. The summed E-state index contributed by atoms with van der Waals surface area (Å²) in [6.45, 7) is 0.586. The zero-order chi connectivity index (χ0) is 12.4. The topological polar surface area (TPSA) is 90.7 Å². The standard InChI is InChI=1S/C10H9N5OS2/c11-2-1-8-13-6(4-17-8)10-14-9(15-16-10)7-3-12-5-18-7/h3-5H,1-2,11H2. The summed E-state index contributed by atoms with van der Waals surface area (Å²) in [6.07, 6.45) is 2.47. The predicted octanol–water partition coefficient (Wildman–Crippen LogP) is 1.82. The first kappa shape index (κ1) is 11.5. The Labute approximate surface area is 111 Å². The lowest BCUT2D eigenvalue weighted by Gasteiger charge is -1.87. The molecule has 0 spiro atoms. The van der Waals surface area contributed by atoms with Crippen molar-refractivity contribution in [3.63, 3.8) is 0 Å². The number of aromatic nitrogens is 4. The molecule has 0 saturated carbocycles. The molecule has 8 heteroatoms. The first-order valence-electron chi connectivity index (χ1n) is 5.24. The minimum atomic E-state index is 0.429. The largest absolute Gasteiger partial charge is 0.332 e. The van der Waals surface area contributed by atoms with Crippen LogP contribution in [0.2, 0.25) is 0 Å². The van der Waals surface area contributed by atoms with Gasteiger partial charge in [0.15, 0.2) is 0 Å². The molecule has 0 atom stereocenters.